The van der Waals surface area contributed by atoms with E-state index in [0.717, 1.165) is 62.6 Å². The third-order valence-electron chi connectivity index (χ3n) is 6.45. The van der Waals surface area contributed by atoms with Crippen molar-refractivity contribution in [3.8, 4) is 0 Å². The third-order valence-corrected chi connectivity index (χ3v) is 6.45. The predicted octanol–water partition coefficient (Wildman–Crippen LogP) is 3.33. The molecule has 0 bridgehead atoms. The van der Waals surface area contributed by atoms with E-state index in [1.165, 1.54) is 24.4 Å². The second-order valence-electron chi connectivity index (χ2n) is 9.62. The van der Waals surface area contributed by atoms with E-state index in [0.29, 0.717) is 5.92 Å². The highest BCUT2D eigenvalue weighted by Gasteiger charge is 2.27. The summed E-state index contributed by atoms with van der Waals surface area (Å²) in [7, 11) is 0. The molecule has 7 heteroatoms. The Balaban J connectivity index is 1.29. The number of likely N-dealkylation sites (tertiary alicyclic amines) is 1. The molecule has 0 N–H and O–H groups in total. The summed E-state index contributed by atoms with van der Waals surface area (Å²) < 4.78 is 4.42. The fourth-order valence-electron chi connectivity index (χ4n) is 4.64. The van der Waals surface area contributed by atoms with Crippen LogP contribution < -0.4 is 0 Å². The average Bonchev–Trinajstić information content (AvgIpc) is 3.32. The maximum atomic E-state index is 4.88. The molecule has 29 heavy (non-hydrogen) atoms. The Bertz CT molecular complexity index is 1000. The van der Waals surface area contributed by atoms with Crippen LogP contribution in [0, 0.1) is 0 Å². The second-order valence-corrected chi connectivity index (χ2v) is 9.62. The fourth-order valence-corrected chi connectivity index (χ4v) is 4.64. The van der Waals surface area contributed by atoms with Gasteiger partial charge in [-0.25, -0.2) is 4.98 Å². The number of piperidine rings is 1. The molecular formula is C22H31N7. The summed E-state index contributed by atoms with van der Waals surface area (Å²) in [5.74, 6) is 2.72. The van der Waals surface area contributed by atoms with Gasteiger partial charge in [0.15, 0.2) is 11.5 Å². The van der Waals surface area contributed by atoms with Gasteiger partial charge in [-0.1, -0.05) is 20.8 Å². The van der Waals surface area contributed by atoms with E-state index in [1.54, 1.807) is 0 Å². The summed E-state index contributed by atoms with van der Waals surface area (Å²) in [5, 5.41) is 13.8. The van der Waals surface area contributed by atoms with Gasteiger partial charge in [0.25, 0.3) is 0 Å². The standard InChI is InChI=1S/C22H31N7/c1-22(2,3)18-7-8-20-24-25-21(29(20)26-18)16-9-12-27(13-10-16)15-17-14-23-19-6-4-5-11-28(17)19/h7-8,14,16H,4-6,9-13,15H2,1-3H3. The minimum absolute atomic E-state index is 0.0173. The molecule has 5 heterocycles. The molecule has 1 fully saturated rings. The summed E-state index contributed by atoms with van der Waals surface area (Å²) >= 11 is 0. The molecule has 0 aromatic carbocycles. The van der Waals surface area contributed by atoms with E-state index in [-0.39, 0.29) is 5.41 Å². The highest BCUT2D eigenvalue weighted by Crippen LogP contribution is 2.29. The van der Waals surface area contributed by atoms with Gasteiger partial charge in [-0.3, -0.25) is 4.90 Å². The van der Waals surface area contributed by atoms with E-state index < -0.39 is 0 Å². The summed E-state index contributed by atoms with van der Waals surface area (Å²) in [5.41, 5.74) is 3.32. The molecule has 3 aromatic rings. The van der Waals surface area contributed by atoms with Crippen molar-refractivity contribution in [1.29, 1.82) is 0 Å². The van der Waals surface area contributed by atoms with E-state index in [4.69, 9.17) is 5.10 Å². The van der Waals surface area contributed by atoms with E-state index in [1.807, 2.05) is 10.6 Å². The van der Waals surface area contributed by atoms with Crippen LogP contribution in [0.5, 0.6) is 0 Å². The lowest BCUT2D eigenvalue weighted by Gasteiger charge is -2.31. The Morgan fingerprint density at radius 1 is 1.03 bits per heavy atom. The molecule has 154 valence electrons. The maximum Gasteiger partial charge on any atom is 0.177 e. The first-order valence-corrected chi connectivity index (χ1v) is 11.0. The zero-order valence-corrected chi connectivity index (χ0v) is 17.8. The van der Waals surface area contributed by atoms with E-state index in [9.17, 15) is 0 Å². The van der Waals surface area contributed by atoms with Gasteiger partial charge in [0, 0.05) is 37.0 Å². The van der Waals surface area contributed by atoms with Gasteiger partial charge in [-0.15, -0.1) is 10.2 Å². The van der Waals surface area contributed by atoms with Crippen LogP contribution in [0.3, 0.4) is 0 Å². The molecule has 5 rings (SSSR count). The van der Waals surface area contributed by atoms with Crippen molar-refractivity contribution in [2.24, 2.45) is 0 Å². The molecule has 0 atom stereocenters. The zero-order valence-electron chi connectivity index (χ0n) is 17.8. The van der Waals surface area contributed by atoms with Crippen molar-refractivity contribution in [2.75, 3.05) is 13.1 Å². The number of hydrogen-bond donors (Lipinski definition) is 0. The van der Waals surface area contributed by atoms with Crippen LogP contribution in [0.15, 0.2) is 18.3 Å². The van der Waals surface area contributed by atoms with Crippen LogP contribution >= 0.6 is 0 Å². The molecule has 0 radical (unpaired) electrons. The van der Waals surface area contributed by atoms with Crippen molar-refractivity contribution in [1.82, 2.24) is 34.3 Å². The van der Waals surface area contributed by atoms with Crippen LogP contribution in [0.1, 0.15) is 75.4 Å². The molecule has 3 aromatic heterocycles. The van der Waals surface area contributed by atoms with Crippen LogP contribution in [0.2, 0.25) is 0 Å². The van der Waals surface area contributed by atoms with Crippen molar-refractivity contribution in [3.05, 3.63) is 41.4 Å². The van der Waals surface area contributed by atoms with Crippen LogP contribution in [0.25, 0.3) is 5.65 Å². The van der Waals surface area contributed by atoms with Crippen LogP contribution in [-0.4, -0.2) is 47.4 Å². The van der Waals surface area contributed by atoms with Gasteiger partial charge >= 0.3 is 0 Å². The SMILES string of the molecule is CC(C)(C)c1ccc2nnc(C3CCN(Cc4cnc5n4CCCC5)CC3)n2n1. The average molecular weight is 394 g/mol. The molecule has 0 spiro atoms. The van der Waals surface area contributed by atoms with Gasteiger partial charge in [0.2, 0.25) is 0 Å². The lowest BCUT2D eigenvalue weighted by atomic mass is 9.92. The number of nitrogens with zero attached hydrogens (tertiary/aromatic N) is 7. The Labute approximate surface area is 172 Å². The van der Waals surface area contributed by atoms with Crippen molar-refractivity contribution < 1.29 is 0 Å². The number of aromatic nitrogens is 6. The normalized spacial score (nSPS) is 19.0. The molecule has 7 nitrogen and oxygen atoms in total. The molecular weight excluding hydrogens is 362 g/mol. The highest BCUT2D eigenvalue weighted by atomic mass is 15.4. The molecule has 0 unspecified atom stereocenters. The van der Waals surface area contributed by atoms with Crippen molar-refractivity contribution in [3.63, 3.8) is 0 Å². The van der Waals surface area contributed by atoms with Crippen LogP contribution in [-0.2, 0) is 24.9 Å². The van der Waals surface area contributed by atoms with Gasteiger partial charge in [0.1, 0.15) is 5.82 Å². The predicted molar refractivity (Wildman–Crippen MR) is 112 cm³/mol. The highest BCUT2D eigenvalue weighted by molar-refractivity contribution is 5.37. The number of rotatable bonds is 3. The Hall–Kier alpha value is -2.28. The number of aryl methyl sites for hydroxylation is 1. The largest absolute Gasteiger partial charge is 0.331 e. The van der Waals surface area contributed by atoms with Crippen LogP contribution in [0.4, 0.5) is 0 Å². The van der Waals surface area contributed by atoms with Gasteiger partial charge < -0.3 is 4.57 Å². The lowest BCUT2D eigenvalue weighted by molar-refractivity contribution is 0.196. The topological polar surface area (TPSA) is 64.1 Å². The fraction of sp³-hybridized carbons (Fsp3) is 0.636. The molecule has 2 aliphatic rings. The smallest absolute Gasteiger partial charge is 0.177 e. The second kappa shape index (κ2) is 7.20. The summed E-state index contributed by atoms with van der Waals surface area (Å²) in [6.45, 7) is 10.9. The Kier molecular flexibility index (Phi) is 4.65. The van der Waals surface area contributed by atoms with E-state index in [2.05, 4.69) is 57.7 Å². The monoisotopic (exact) mass is 393 g/mol. The zero-order chi connectivity index (χ0) is 20.0. The summed E-state index contributed by atoms with van der Waals surface area (Å²) in [6.07, 6.45) is 7.98. The van der Waals surface area contributed by atoms with Crippen molar-refractivity contribution in [2.45, 2.75) is 77.3 Å². The molecule has 0 amide bonds. The Morgan fingerprint density at radius 2 is 1.86 bits per heavy atom. The van der Waals surface area contributed by atoms with E-state index >= 15 is 0 Å². The summed E-state index contributed by atoms with van der Waals surface area (Å²) in [4.78, 5) is 7.21. The number of imidazole rings is 1. The first-order valence-electron chi connectivity index (χ1n) is 11.0. The molecule has 2 aliphatic heterocycles. The number of fused-ring (bicyclic) bond motifs is 2. The first kappa shape index (κ1) is 18.7. The molecule has 0 saturated carbocycles. The van der Waals surface area contributed by atoms with Crippen molar-refractivity contribution >= 4 is 5.65 Å². The van der Waals surface area contributed by atoms with Gasteiger partial charge in [-0.2, -0.15) is 9.61 Å². The minimum Gasteiger partial charge on any atom is -0.331 e. The number of hydrogen-bond acceptors (Lipinski definition) is 5. The van der Waals surface area contributed by atoms with Gasteiger partial charge in [0.05, 0.1) is 11.4 Å². The summed E-state index contributed by atoms with van der Waals surface area (Å²) in [6, 6.07) is 4.12. The lowest BCUT2D eigenvalue weighted by Crippen LogP contribution is -2.34. The Morgan fingerprint density at radius 3 is 2.66 bits per heavy atom. The maximum absolute atomic E-state index is 4.88. The third kappa shape index (κ3) is 3.56. The minimum atomic E-state index is 0.0173. The van der Waals surface area contributed by atoms with Gasteiger partial charge in [-0.05, 0) is 50.9 Å². The molecule has 0 aliphatic carbocycles. The quantitative estimate of drug-likeness (QED) is 0.683. The first-order chi connectivity index (χ1) is 14.0. The molecule has 1 saturated heterocycles.